The SMILES string of the molecule is Cc1ccccc1-c1cccc2oc3c4c(ccc3c12)CCC=C4. The van der Waals surface area contributed by atoms with Gasteiger partial charge >= 0.3 is 0 Å². The first-order valence-electron chi connectivity index (χ1n) is 8.52. The van der Waals surface area contributed by atoms with Crippen molar-refractivity contribution in [2.24, 2.45) is 0 Å². The monoisotopic (exact) mass is 310 g/mol. The van der Waals surface area contributed by atoms with Crippen LogP contribution in [0.4, 0.5) is 0 Å². The Morgan fingerprint density at radius 2 is 1.75 bits per heavy atom. The van der Waals surface area contributed by atoms with Gasteiger partial charge in [-0.05, 0) is 48.1 Å². The van der Waals surface area contributed by atoms with Crippen molar-refractivity contribution in [2.45, 2.75) is 19.8 Å². The summed E-state index contributed by atoms with van der Waals surface area (Å²) in [5.41, 5.74) is 8.46. The van der Waals surface area contributed by atoms with E-state index < -0.39 is 0 Å². The van der Waals surface area contributed by atoms with Crippen LogP contribution in [0.15, 0.2) is 65.1 Å². The van der Waals surface area contributed by atoms with Gasteiger partial charge in [0.05, 0.1) is 0 Å². The molecule has 5 rings (SSSR count). The average Bonchev–Trinajstić information content (AvgIpc) is 3.01. The van der Waals surface area contributed by atoms with Crippen LogP contribution in [0, 0.1) is 6.92 Å². The third kappa shape index (κ3) is 1.88. The summed E-state index contributed by atoms with van der Waals surface area (Å²) >= 11 is 0. The van der Waals surface area contributed by atoms with Crippen LogP contribution in [0.5, 0.6) is 0 Å². The quantitative estimate of drug-likeness (QED) is 0.390. The Hall–Kier alpha value is -2.80. The van der Waals surface area contributed by atoms with Crippen molar-refractivity contribution in [1.29, 1.82) is 0 Å². The van der Waals surface area contributed by atoms with Crippen molar-refractivity contribution in [1.82, 2.24) is 0 Å². The van der Waals surface area contributed by atoms with E-state index in [4.69, 9.17) is 4.42 Å². The molecule has 1 heterocycles. The van der Waals surface area contributed by atoms with Crippen LogP contribution in [-0.4, -0.2) is 0 Å². The van der Waals surface area contributed by atoms with Gasteiger partial charge in [0.2, 0.25) is 0 Å². The molecule has 0 radical (unpaired) electrons. The number of rotatable bonds is 1. The van der Waals surface area contributed by atoms with E-state index in [9.17, 15) is 0 Å². The van der Waals surface area contributed by atoms with Gasteiger partial charge in [-0.2, -0.15) is 0 Å². The number of allylic oxidation sites excluding steroid dienone is 1. The first-order chi connectivity index (χ1) is 11.8. The smallest absolute Gasteiger partial charge is 0.142 e. The van der Waals surface area contributed by atoms with Crippen LogP contribution >= 0.6 is 0 Å². The Labute approximate surface area is 141 Å². The van der Waals surface area contributed by atoms with Gasteiger partial charge in [-0.15, -0.1) is 0 Å². The van der Waals surface area contributed by atoms with Crippen LogP contribution in [0.1, 0.15) is 23.1 Å². The molecule has 0 N–H and O–H groups in total. The van der Waals surface area contributed by atoms with E-state index in [2.05, 4.69) is 73.7 Å². The molecule has 0 saturated carbocycles. The summed E-state index contributed by atoms with van der Waals surface area (Å²) in [5, 5.41) is 2.44. The molecule has 0 amide bonds. The lowest BCUT2D eigenvalue weighted by molar-refractivity contribution is 0.666. The highest BCUT2D eigenvalue weighted by molar-refractivity contribution is 6.14. The first kappa shape index (κ1) is 13.6. The van der Waals surface area contributed by atoms with Crippen LogP contribution in [0.25, 0.3) is 39.1 Å². The Bertz CT molecular complexity index is 1110. The number of hydrogen-bond donors (Lipinski definition) is 0. The fourth-order valence-corrected chi connectivity index (χ4v) is 3.89. The maximum Gasteiger partial charge on any atom is 0.142 e. The normalized spacial score (nSPS) is 13.5. The zero-order valence-corrected chi connectivity index (χ0v) is 13.7. The number of aryl methyl sites for hydroxylation is 2. The minimum absolute atomic E-state index is 0.970. The van der Waals surface area contributed by atoms with Gasteiger partial charge in [0.1, 0.15) is 11.2 Å². The second kappa shape index (κ2) is 5.10. The van der Waals surface area contributed by atoms with E-state index >= 15 is 0 Å². The Balaban J connectivity index is 1.91. The van der Waals surface area contributed by atoms with Crippen molar-refractivity contribution in [3.63, 3.8) is 0 Å². The molecule has 1 aromatic heterocycles. The fraction of sp³-hybridized carbons (Fsp3) is 0.130. The first-order valence-corrected chi connectivity index (χ1v) is 8.52. The Morgan fingerprint density at radius 1 is 0.875 bits per heavy atom. The molecule has 0 unspecified atom stereocenters. The highest BCUT2D eigenvalue weighted by Gasteiger charge is 2.17. The van der Waals surface area contributed by atoms with Gasteiger partial charge in [-0.1, -0.05) is 60.7 Å². The van der Waals surface area contributed by atoms with Gasteiger partial charge in [0.15, 0.2) is 0 Å². The van der Waals surface area contributed by atoms with Crippen LogP contribution in [-0.2, 0) is 6.42 Å². The van der Waals surface area contributed by atoms with Crippen molar-refractivity contribution >= 4 is 28.0 Å². The minimum atomic E-state index is 0.970. The molecule has 1 aliphatic rings. The zero-order valence-electron chi connectivity index (χ0n) is 13.7. The predicted molar refractivity (Wildman–Crippen MR) is 101 cm³/mol. The van der Waals surface area contributed by atoms with Crippen LogP contribution < -0.4 is 0 Å². The molecule has 0 aliphatic heterocycles. The van der Waals surface area contributed by atoms with Gasteiger partial charge < -0.3 is 4.42 Å². The number of hydrogen-bond acceptors (Lipinski definition) is 1. The molecule has 1 heteroatoms. The van der Waals surface area contributed by atoms with E-state index in [1.807, 2.05) is 0 Å². The molecule has 0 atom stereocenters. The molecular formula is C23H18O. The summed E-state index contributed by atoms with van der Waals surface area (Å²) in [6.07, 6.45) is 6.69. The molecule has 0 fully saturated rings. The van der Waals surface area contributed by atoms with Gasteiger partial charge in [0.25, 0.3) is 0 Å². The second-order valence-corrected chi connectivity index (χ2v) is 6.55. The summed E-state index contributed by atoms with van der Waals surface area (Å²) in [6, 6.07) is 19.4. The van der Waals surface area contributed by atoms with E-state index in [1.54, 1.807) is 0 Å². The molecule has 1 aliphatic carbocycles. The average molecular weight is 310 g/mol. The molecule has 1 nitrogen and oxygen atoms in total. The summed E-state index contributed by atoms with van der Waals surface area (Å²) in [6.45, 7) is 2.17. The summed E-state index contributed by atoms with van der Waals surface area (Å²) in [5.74, 6) is 0. The number of furan rings is 1. The number of benzene rings is 3. The highest BCUT2D eigenvalue weighted by Crippen LogP contribution is 2.40. The standard InChI is InChI=1S/C23H18O/c1-15-7-2-4-9-17(15)19-11-6-12-21-22(19)20-14-13-16-8-3-5-10-18(16)23(20)24-21/h2,4-7,9-14H,3,8H2,1H3. The van der Waals surface area contributed by atoms with E-state index in [0.29, 0.717) is 0 Å². The fourth-order valence-electron chi connectivity index (χ4n) is 3.89. The highest BCUT2D eigenvalue weighted by atomic mass is 16.3. The lowest BCUT2D eigenvalue weighted by Crippen LogP contribution is -1.93. The molecule has 4 aromatic rings. The third-order valence-corrected chi connectivity index (χ3v) is 5.09. The molecule has 0 spiro atoms. The molecule has 116 valence electrons. The van der Waals surface area contributed by atoms with Gasteiger partial charge in [-0.25, -0.2) is 0 Å². The van der Waals surface area contributed by atoms with Crippen molar-refractivity contribution < 1.29 is 4.42 Å². The van der Waals surface area contributed by atoms with Crippen molar-refractivity contribution in [3.8, 4) is 11.1 Å². The van der Waals surface area contributed by atoms with Crippen molar-refractivity contribution in [2.75, 3.05) is 0 Å². The number of fused-ring (bicyclic) bond motifs is 5. The lowest BCUT2D eigenvalue weighted by Gasteiger charge is -2.10. The zero-order chi connectivity index (χ0) is 16.1. The maximum atomic E-state index is 6.30. The molecular weight excluding hydrogens is 292 g/mol. The maximum absolute atomic E-state index is 6.30. The van der Waals surface area contributed by atoms with Crippen molar-refractivity contribution in [3.05, 3.63) is 77.4 Å². The summed E-state index contributed by atoms with van der Waals surface area (Å²) in [4.78, 5) is 0. The topological polar surface area (TPSA) is 13.1 Å². The Kier molecular flexibility index (Phi) is 2.90. The van der Waals surface area contributed by atoms with E-state index in [-0.39, 0.29) is 0 Å². The van der Waals surface area contributed by atoms with E-state index in [1.165, 1.54) is 38.6 Å². The Morgan fingerprint density at radius 3 is 2.67 bits per heavy atom. The van der Waals surface area contributed by atoms with Gasteiger partial charge in [0, 0.05) is 16.3 Å². The van der Waals surface area contributed by atoms with Crippen LogP contribution in [0.2, 0.25) is 0 Å². The minimum Gasteiger partial charge on any atom is -0.455 e. The lowest BCUT2D eigenvalue weighted by atomic mass is 9.92. The molecule has 24 heavy (non-hydrogen) atoms. The summed E-state index contributed by atoms with van der Waals surface area (Å²) < 4.78 is 6.30. The van der Waals surface area contributed by atoms with Gasteiger partial charge in [-0.3, -0.25) is 0 Å². The van der Waals surface area contributed by atoms with Crippen LogP contribution in [0.3, 0.4) is 0 Å². The summed E-state index contributed by atoms with van der Waals surface area (Å²) in [7, 11) is 0. The largest absolute Gasteiger partial charge is 0.455 e. The molecule has 3 aromatic carbocycles. The molecule has 0 saturated heterocycles. The third-order valence-electron chi connectivity index (χ3n) is 5.09. The van der Waals surface area contributed by atoms with E-state index in [0.717, 1.165) is 24.0 Å². The second-order valence-electron chi connectivity index (χ2n) is 6.55. The molecule has 0 bridgehead atoms. The predicted octanol–water partition coefficient (Wildman–Crippen LogP) is 6.52.